The first kappa shape index (κ1) is 15.2. The molecule has 2 aromatic rings. The fourth-order valence-corrected chi connectivity index (χ4v) is 1.74. The number of anilines is 1. The molecule has 3 nitrogen and oxygen atoms in total. The van der Waals surface area contributed by atoms with Crippen LogP contribution >= 0.6 is 11.6 Å². The van der Waals surface area contributed by atoms with Crippen molar-refractivity contribution in [3.05, 3.63) is 47.6 Å². The zero-order valence-corrected chi connectivity index (χ0v) is 12.0. The Kier molecular flexibility index (Phi) is 6.03. The Balaban J connectivity index is 0.000000861. The maximum absolute atomic E-state index is 11.0. The topological polar surface area (TPSA) is 42.0 Å². The molecule has 0 aliphatic rings. The summed E-state index contributed by atoms with van der Waals surface area (Å²) in [5, 5.41) is 3.33. The van der Waals surface area contributed by atoms with E-state index in [4.69, 9.17) is 11.6 Å². The minimum absolute atomic E-state index is 0.112. The first-order chi connectivity index (χ1) is 9.16. The van der Waals surface area contributed by atoms with Crippen LogP contribution in [0.1, 0.15) is 20.8 Å². The van der Waals surface area contributed by atoms with E-state index in [1.807, 2.05) is 38.1 Å². The molecule has 0 aliphatic carbocycles. The van der Waals surface area contributed by atoms with Crippen LogP contribution in [0.15, 0.2) is 42.6 Å². The summed E-state index contributed by atoms with van der Waals surface area (Å²) >= 11 is 6.11. The third kappa shape index (κ3) is 4.38. The third-order valence-electron chi connectivity index (χ3n) is 2.23. The lowest BCUT2D eigenvalue weighted by atomic mass is 10.1. The molecule has 0 aliphatic heterocycles. The highest BCUT2D eigenvalue weighted by Crippen LogP contribution is 2.28. The van der Waals surface area contributed by atoms with Crippen LogP contribution in [-0.4, -0.2) is 10.9 Å². The molecule has 0 spiro atoms. The van der Waals surface area contributed by atoms with Gasteiger partial charge < -0.3 is 5.32 Å². The SMILES string of the molecule is CC.CC(=O)Nc1ccc(Cl)c(-c2ccccn2)c1. The summed E-state index contributed by atoms with van der Waals surface area (Å²) in [6.07, 6.45) is 1.71. The number of amides is 1. The molecule has 100 valence electrons. The summed E-state index contributed by atoms with van der Waals surface area (Å²) in [7, 11) is 0. The molecule has 0 saturated heterocycles. The summed E-state index contributed by atoms with van der Waals surface area (Å²) < 4.78 is 0. The van der Waals surface area contributed by atoms with Crippen LogP contribution < -0.4 is 5.32 Å². The van der Waals surface area contributed by atoms with Gasteiger partial charge in [-0.05, 0) is 30.3 Å². The molecule has 0 radical (unpaired) electrons. The number of hydrogen-bond acceptors (Lipinski definition) is 2. The van der Waals surface area contributed by atoms with Gasteiger partial charge in [-0.3, -0.25) is 9.78 Å². The minimum Gasteiger partial charge on any atom is -0.326 e. The average molecular weight is 277 g/mol. The van der Waals surface area contributed by atoms with Crippen LogP contribution in [0.3, 0.4) is 0 Å². The van der Waals surface area contributed by atoms with Gasteiger partial charge in [0.05, 0.1) is 10.7 Å². The lowest BCUT2D eigenvalue weighted by molar-refractivity contribution is -0.114. The van der Waals surface area contributed by atoms with Gasteiger partial charge in [-0.2, -0.15) is 0 Å². The van der Waals surface area contributed by atoms with E-state index in [2.05, 4.69) is 10.3 Å². The number of benzene rings is 1. The van der Waals surface area contributed by atoms with E-state index in [1.165, 1.54) is 6.92 Å². The summed E-state index contributed by atoms with van der Waals surface area (Å²) in [6, 6.07) is 10.9. The van der Waals surface area contributed by atoms with Gasteiger partial charge in [-0.25, -0.2) is 0 Å². The van der Waals surface area contributed by atoms with Gasteiger partial charge in [0, 0.05) is 24.4 Å². The molecule has 1 heterocycles. The molecule has 19 heavy (non-hydrogen) atoms. The third-order valence-corrected chi connectivity index (χ3v) is 2.56. The number of rotatable bonds is 2. The second-order valence-corrected chi connectivity index (χ2v) is 4.00. The first-order valence-corrected chi connectivity index (χ1v) is 6.53. The Morgan fingerprint density at radius 1 is 1.21 bits per heavy atom. The van der Waals surface area contributed by atoms with Crippen molar-refractivity contribution in [1.82, 2.24) is 4.98 Å². The van der Waals surface area contributed by atoms with E-state index in [9.17, 15) is 4.79 Å². The second kappa shape index (κ2) is 7.54. The Morgan fingerprint density at radius 3 is 2.53 bits per heavy atom. The van der Waals surface area contributed by atoms with Crippen LogP contribution in [0.25, 0.3) is 11.3 Å². The highest BCUT2D eigenvalue weighted by Gasteiger charge is 2.06. The number of carbonyl (C=O) groups is 1. The number of nitrogens with one attached hydrogen (secondary N) is 1. The maximum atomic E-state index is 11.0. The lowest BCUT2D eigenvalue weighted by Gasteiger charge is -2.07. The van der Waals surface area contributed by atoms with Crippen molar-refractivity contribution in [3.63, 3.8) is 0 Å². The normalized spacial score (nSPS) is 9.26. The van der Waals surface area contributed by atoms with Crippen molar-refractivity contribution in [2.75, 3.05) is 5.32 Å². The van der Waals surface area contributed by atoms with E-state index in [0.717, 1.165) is 11.3 Å². The first-order valence-electron chi connectivity index (χ1n) is 6.15. The van der Waals surface area contributed by atoms with Crippen molar-refractivity contribution >= 4 is 23.2 Å². The molecule has 1 aromatic heterocycles. The van der Waals surface area contributed by atoms with E-state index in [-0.39, 0.29) is 5.91 Å². The predicted octanol–water partition coefficient (Wildman–Crippen LogP) is 4.39. The Hall–Kier alpha value is -1.87. The molecule has 0 bridgehead atoms. The fourth-order valence-electron chi connectivity index (χ4n) is 1.52. The van der Waals surface area contributed by atoms with Crippen molar-refractivity contribution in [2.45, 2.75) is 20.8 Å². The van der Waals surface area contributed by atoms with Crippen LogP contribution in [0.2, 0.25) is 5.02 Å². The number of aromatic nitrogens is 1. The molecule has 0 unspecified atom stereocenters. The zero-order valence-electron chi connectivity index (χ0n) is 11.3. The quantitative estimate of drug-likeness (QED) is 0.884. The Labute approximate surface area is 118 Å². The number of pyridine rings is 1. The zero-order chi connectivity index (χ0) is 14.3. The highest BCUT2D eigenvalue weighted by molar-refractivity contribution is 6.33. The van der Waals surface area contributed by atoms with Gasteiger partial charge >= 0.3 is 0 Å². The van der Waals surface area contributed by atoms with Crippen molar-refractivity contribution in [3.8, 4) is 11.3 Å². The minimum atomic E-state index is -0.112. The summed E-state index contributed by atoms with van der Waals surface area (Å²) in [4.78, 5) is 15.2. The van der Waals surface area contributed by atoms with E-state index in [1.54, 1.807) is 18.3 Å². The van der Waals surface area contributed by atoms with Crippen molar-refractivity contribution < 1.29 is 4.79 Å². The van der Waals surface area contributed by atoms with Crippen LogP contribution in [0.5, 0.6) is 0 Å². The second-order valence-electron chi connectivity index (χ2n) is 3.59. The molecule has 0 saturated carbocycles. The monoisotopic (exact) mass is 276 g/mol. The molecule has 4 heteroatoms. The largest absolute Gasteiger partial charge is 0.326 e. The molecular formula is C15H17ClN2O. The summed E-state index contributed by atoms with van der Waals surface area (Å²) in [6.45, 7) is 5.47. The van der Waals surface area contributed by atoms with Crippen molar-refractivity contribution in [1.29, 1.82) is 0 Å². The Morgan fingerprint density at radius 2 is 1.95 bits per heavy atom. The lowest BCUT2D eigenvalue weighted by Crippen LogP contribution is -2.05. The highest BCUT2D eigenvalue weighted by atomic mass is 35.5. The molecule has 0 atom stereocenters. The molecule has 1 aromatic carbocycles. The van der Waals surface area contributed by atoms with Gasteiger partial charge in [0.25, 0.3) is 0 Å². The number of carbonyl (C=O) groups excluding carboxylic acids is 1. The smallest absolute Gasteiger partial charge is 0.221 e. The van der Waals surface area contributed by atoms with Gasteiger partial charge in [-0.1, -0.05) is 31.5 Å². The maximum Gasteiger partial charge on any atom is 0.221 e. The van der Waals surface area contributed by atoms with Crippen LogP contribution in [-0.2, 0) is 4.79 Å². The average Bonchev–Trinajstić information content (AvgIpc) is 2.44. The van der Waals surface area contributed by atoms with Gasteiger partial charge in [0.15, 0.2) is 0 Å². The molecule has 0 fully saturated rings. The number of halogens is 1. The van der Waals surface area contributed by atoms with E-state index < -0.39 is 0 Å². The summed E-state index contributed by atoms with van der Waals surface area (Å²) in [5.74, 6) is -0.112. The molecule has 1 N–H and O–H groups in total. The van der Waals surface area contributed by atoms with Crippen LogP contribution in [0, 0.1) is 0 Å². The van der Waals surface area contributed by atoms with Gasteiger partial charge in [0.1, 0.15) is 0 Å². The number of nitrogens with zero attached hydrogens (tertiary/aromatic N) is 1. The Bertz CT molecular complexity index is 541. The van der Waals surface area contributed by atoms with E-state index in [0.29, 0.717) is 10.7 Å². The fraction of sp³-hybridized carbons (Fsp3) is 0.200. The number of hydrogen-bond donors (Lipinski definition) is 1. The standard InChI is InChI=1S/C13H11ClN2O.C2H6/c1-9(17)16-10-5-6-12(14)11(8-10)13-4-2-3-7-15-13;1-2/h2-8H,1H3,(H,16,17);1-2H3. The van der Waals surface area contributed by atoms with Crippen molar-refractivity contribution in [2.24, 2.45) is 0 Å². The van der Waals surface area contributed by atoms with Gasteiger partial charge in [-0.15, -0.1) is 0 Å². The molecule has 2 rings (SSSR count). The predicted molar refractivity (Wildman–Crippen MR) is 80.3 cm³/mol. The van der Waals surface area contributed by atoms with E-state index >= 15 is 0 Å². The molecular weight excluding hydrogens is 260 g/mol. The molecule has 1 amide bonds. The summed E-state index contributed by atoms with van der Waals surface area (Å²) in [5.41, 5.74) is 2.30. The van der Waals surface area contributed by atoms with Crippen LogP contribution in [0.4, 0.5) is 5.69 Å². The van der Waals surface area contributed by atoms with Gasteiger partial charge in [0.2, 0.25) is 5.91 Å².